The second-order valence-corrected chi connectivity index (χ2v) is 2.90. The highest BCUT2D eigenvalue weighted by atomic mass is 16.2. The second kappa shape index (κ2) is 5.95. The van der Waals surface area contributed by atoms with E-state index in [0.29, 0.717) is 5.69 Å². The fourth-order valence-electron chi connectivity index (χ4n) is 1.03. The number of aliphatic hydroxyl groups is 1. The first-order chi connectivity index (χ1) is 6.86. The van der Waals surface area contributed by atoms with Crippen LogP contribution in [0.15, 0.2) is 18.3 Å². The van der Waals surface area contributed by atoms with Crippen molar-refractivity contribution >= 4 is 5.69 Å². The van der Waals surface area contributed by atoms with E-state index >= 15 is 0 Å². The van der Waals surface area contributed by atoms with Crippen molar-refractivity contribution in [3.63, 3.8) is 0 Å². The lowest BCUT2D eigenvalue weighted by molar-refractivity contribution is 0.286. The first-order valence-electron chi connectivity index (χ1n) is 4.57. The molecule has 4 heteroatoms. The molecule has 0 saturated carbocycles. The van der Waals surface area contributed by atoms with Crippen molar-refractivity contribution in [3.05, 3.63) is 24.0 Å². The van der Waals surface area contributed by atoms with Crippen molar-refractivity contribution in [2.45, 2.75) is 12.8 Å². The summed E-state index contributed by atoms with van der Waals surface area (Å²) < 4.78 is 0. The number of anilines is 1. The second-order valence-electron chi connectivity index (χ2n) is 2.90. The third-order valence-corrected chi connectivity index (χ3v) is 1.79. The number of pyridine rings is 1. The molecule has 0 spiro atoms. The SMILES string of the molecule is N#Cc1ccc(NCCCCO)cn1. The minimum absolute atomic E-state index is 0.229. The molecule has 0 unspecified atom stereocenters. The maximum Gasteiger partial charge on any atom is 0.140 e. The van der Waals surface area contributed by atoms with Crippen LogP contribution in [0.3, 0.4) is 0 Å². The van der Waals surface area contributed by atoms with Crippen molar-refractivity contribution in [1.82, 2.24) is 4.98 Å². The molecule has 0 aliphatic heterocycles. The van der Waals surface area contributed by atoms with Gasteiger partial charge in [0.25, 0.3) is 0 Å². The van der Waals surface area contributed by atoms with Crippen molar-refractivity contribution in [3.8, 4) is 6.07 Å². The van der Waals surface area contributed by atoms with Crippen LogP contribution in [0.25, 0.3) is 0 Å². The molecule has 0 atom stereocenters. The average molecular weight is 191 g/mol. The Bertz CT molecular complexity index is 302. The van der Waals surface area contributed by atoms with E-state index in [1.807, 2.05) is 12.1 Å². The molecule has 74 valence electrons. The van der Waals surface area contributed by atoms with Crippen molar-refractivity contribution in [1.29, 1.82) is 5.26 Å². The first-order valence-corrected chi connectivity index (χ1v) is 4.57. The maximum absolute atomic E-state index is 8.56. The van der Waals surface area contributed by atoms with Gasteiger partial charge in [-0.25, -0.2) is 4.98 Å². The molecule has 0 bridgehead atoms. The highest BCUT2D eigenvalue weighted by Crippen LogP contribution is 2.05. The van der Waals surface area contributed by atoms with Crippen LogP contribution in [-0.4, -0.2) is 23.2 Å². The van der Waals surface area contributed by atoms with E-state index in [2.05, 4.69) is 10.3 Å². The molecule has 4 nitrogen and oxygen atoms in total. The van der Waals surface area contributed by atoms with E-state index in [1.54, 1.807) is 12.3 Å². The van der Waals surface area contributed by atoms with Gasteiger partial charge in [-0.1, -0.05) is 0 Å². The highest BCUT2D eigenvalue weighted by Gasteiger charge is 1.93. The summed E-state index contributed by atoms with van der Waals surface area (Å²) in [4.78, 5) is 3.92. The summed E-state index contributed by atoms with van der Waals surface area (Å²) >= 11 is 0. The van der Waals surface area contributed by atoms with Gasteiger partial charge in [-0.3, -0.25) is 0 Å². The van der Waals surface area contributed by atoms with Gasteiger partial charge >= 0.3 is 0 Å². The van der Waals surface area contributed by atoms with Gasteiger partial charge in [0.1, 0.15) is 11.8 Å². The van der Waals surface area contributed by atoms with E-state index in [0.717, 1.165) is 25.1 Å². The summed E-state index contributed by atoms with van der Waals surface area (Å²) in [5, 5.41) is 20.2. The van der Waals surface area contributed by atoms with Crippen molar-refractivity contribution in [2.75, 3.05) is 18.5 Å². The molecule has 0 saturated heterocycles. The summed E-state index contributed by atoms with van der Waals surface area (Å²) in [5.74, 6) is 0. The Morgan fingerprint density at radius 1 is 1.43 bits per heavy atom. The van der Waals surface area contributed by atoms with Crippen LogP contribution in [0.4, 0.5) is 5.69 Å². The summed E-state index contributed by atoms with van der Waals surface area (Å²) in [6, 6.07) is 5.46. The molecule has 1 rings (SSSR count). The monoisotopic (exact) mass is 191 g/mol. The largest absolute Gasteiger partial charge is 0.396 e. The molecule has 0 fully saturated rings. The molecular weight excluding hydrogens is 178 g/mol. The normalized spacial score (nSPS) is 9.43. The minimum atomic E-state index is 0.229. The lowest BCUT2D eigenvalue weighted by Crippen LogP contribution is -2.02. The van der Waals surface area contributed by atoms with Crippen LogP contribution in [0.5, 0.6) is 0 Å². The average Bonchev–Trinajstić information content (AvgIpc) is 2.25. The lowest BCUT2D eigenvalue weighted by Gasteiger charge is -2.04. The van der Waals surface area contributed by atoms with Gasteiger partial charge < -0.3 is 10.4 Å². The maximum atomic E-state index is 8.56. The van der Waals surface area contributed by atoms with E-state index < -0.39 is 0 Å². The summed E-state index contributed by atoms with van der Waals surface area (Å²) in [6.07, 6.45) is 3.37. The molecule has 0 aliphatic carbocycles. The lowest BCUT2D eigenvalue weighted by atomic mass is 10.3. The van der Waals surface area contributed by atoms with Gasteiger partial charge in [-0.2, -0.15) is 5.26 Å². The summed E-state index contributed by atoms with van der Waals surface area (Å²) in [5.41, 5.74) is 1.33. The van der Waals surface area contributed by atoms with Gasteiger partial charge in [0.05, 0.1) is 11.9 Å². The Balaban J connectivity index is 2.33. The number of hydrogen-bond donors (Lipinski definition) is 2. The van der Waals surface area contributed by atoms with Crippen molar-refractivity contribution in [2.24, 2.45) is 0 Å². The van der Waals surface area contributed by atoms with E-state index in [1.165, 1.54) is 0 Å². The fraction of sp³-hybridized carbons (Fsp3) is 0.400. The zero-order valence-electron chi connectivity index (χ0n) is 7.90. The molecule has 0 amide bonds. The number of unbranched alkanes of at least 4 members (excludes halogenated alkanes) is 1. The molecule has 1 aromatic rings. The Morgan fingerprint density at radius 3 is 2.86 bits per heavy atom. The smallest absolute Gasteiger partial charge is 0.140 e. The first kappa shape index (κ1) is 10.5. The number of nitriles is 1. The van der Waals surface area contributed by atoms with E-state index in [9.17, 15) is 0 Å². The number of aromatic nitrogens is 1. The van der Waals surface area contributed by atoms with Gasteiger partial charge in [-0.15, -0.1) is 0 Å². The molecule has 1 aromatic heterocycles. The molecule has 14 heavy (non-hydrogen) atoms. The molecule has 2 N–H and O–H groups in total. The van der Waals surface area contributed by atoms with Gasteiger partial charge in [0.2, 0.25) is 0 Å². The van der Waals surface area contributed by atoms with Crippen LogP contribution in [0.2, 0.25) is 0 Å². The molecule has 0 aliphatic rings. The van der Waals surface area contributed by atoms with Crippen LogP contribution in [0, 0.1) is 11.3 Å². The number of nitrogens with zero attached hydrogens (tertiary/aromatic N) is 2. The zero-order chi connectivity index (χ0) is 10.2. The number of rotatable bonds is 5. The predicted octanol–water partition coefficient (Wildman–Crippen LogP) is 1.14. The van der Waals surface area contributed by atoms with Crippen molar-refractivity contribution < 1.29 is 5.11 Å². The predicted molar refractivity (Wildman–Crippen MR) is 53.8 cm³/mol. The van der Waals surface area contributed by atoms with Crippen LogP contribution in [-0.2, 0) is 0 Å². The van der Waals surface area contributed by atoms with Gasteiger partial charge in [-0.05, 0) is 25.0 Å². The van der Waals surface area contributed by atoms with Crippen LogP contribution < -0.4 is 5.32 Å². The third kappa shape index (κ3) is 3.42. The third-order valence-electron chi connectivity index (χ3n) is 1.79. The van der Waals surface area contributed by atoms with Crippen LogP contribution >= 0.6 is 0 Å². The minimum Gasteiger partial charge on any atom is -0.396 e. The van der Waals surface area contributed by atoms with E-state index in [-0.39, 0.29) is 6.61 Å². The van der Waals surface area contributed by atoms with Gasteiger partial charge in [0, 0.05) is 13.2 Å². The molecule has 0 radical (unpaired) electrons. The molecule has 0 aromatic carbocycles. The quantitative estimate of drug-likeness (QED) is 0.685. The molecule has 1 heterocycles. The Hall–Kier alpha value is -1.60. The summed E-state index contributed by atoms with van der Waals surface area (Å²) in [6.45, 7) is 1.04. The number of nitrogens with one attached hydrogen (secondary N) is 1. The van der Waals surface area contributed by atoms with Gasteiger partial charge in [0.15, 0.2) is 0 Å². The molecular formula is C10H13N3O. The Kier molecular flexibility index (Phi) is 4.45. The van der Waals surface area contributed by atoms with Crippen LogP contribution in [0.1, 0.15) is 18.5 Å². The number of aliphatic hydroxyl groups excluding tert-OH is 1. The topological polar surface area (TPSA) is 68.9 Å². The highest BCUT2D eigenvalue weighted by molar-refractivity contribution is 5.42. The summed E-state index contributed by atoms with van der Waals surface area (Å²) in [7, 11) is 0. The number of hydrogen-bond acceptors (Lipinski definition) is 4. The fourth-order valence-corrected chi connectivity index (χ4v) is 1.03. The Morgan fingerprint density at radius 2 is 2.29 bits per heavy atom. The van der Waals surface area contributed by atoms with E-state index in [4.69, 9.17) is 10.4 Å². The Labute approximate surface area is 83.2 Å². The standard InChI is InChI=1S/C10H13N3O/c11-7-9-3-4-10(8-13-9)12-5-1-2-6-14/h3-4,8,12,14H,1-2,5-6H2. The zero-order valence-corrected chi connectivity index (χ0v) is 7.90.